The van der Waals surface area contributed by atoms with Gasteiger partial charge in [-0.3, -0.25) is 4.79 Å². The Balaban J connectivity index is 2.89. The summed E-state index contributed by atoms with van der Waals surface area (Å²) in [5.41, 5.74) is 1.24. The average molecular weight is 270 g/mol. The number of hydrogen-bond acceptors (Lipinski definition) is 4. The molecule has 0 fully saturated rings. The van der Waals surface area contributed by atoms with Crippen molar-refractivity contribution in [3.8, 4) is 5.75 Å². The van der Waals surface area contributed by atoms with Crippen LogP contribution in [0.5, 0.6) is 5.75 Å². The van der Waals surface area contributed by atoms with Gasteiger partial charge < -0.3 is 9.63 Å². The number of rotatable bonds is 2. The highest BCUT2D eigenvalue weighted by Gasteiger charge is 2.17. The molecule has 4 nitrogen and oxygen atoms in total. The number of benzene rings is 1. The van der Waals surface area contributed by atoms with E-state index in [1.165, 1.54) is 0 Å². The highest BCUT2D eigenvalue weighted by Crippen LogP contribution is 2.35. The molecule has 0 saturated heterocycles. The molecule has 2 rings (SSSR count). The van der Waals surface area contributed by atoms with Crippen LogP contribution in [0, 0.1) is 0 Å². The van der Waals surface area contributed by atoms with Crippen molar-refractivity contribution in [2.75, 3.05) is 0 Å². The fourth-order valence-electron chi connectivity index (χ4n) is 1.47. The van der Waals surface area contributed by atoms with E-state index in [-0.39, 0.29) is 11.3 Å². The maximum Gasteiger partial charge on any atom is 0.181 e. The number of aromatic hydroxyl groups is 1. The van der Waals surface area contributed by atoms with Crippen molar-refractivity contribution < 1.29 is 14.4 Å². The smallest absolute Gasteiger partial charge is 0.181 e. The third kappa shape index (κ3) is 1.43. The second kappa shape index (κ2) is 3.66. The van der Waals surface area contributed by atoms with Crippen LogP contribution in [-0.2, 0) is 6.42 Å². The Labute approximate surface area is 94.0 Å². The molecule has 5 heteroatoms. The molecule has 0 aliphatic rings. The van der Waals surface area contributed by atoms with Crippen LogP contribution in [-0.4, -0.2) is 16.5 Å². The van der Waals surface area contributed by atoms with Crippen molar-refractivity contribution in [1.29, 1.82) is 0 Å². The van der Waals surface area contributed by atoms with Gasteiger partial charge in [0, 0.05) is 5.39 Å². The van der Waals surface area contributed by atoms with E-state index in [4.69, 9.17) is 4.52 Å². The van der Waals surface area contributed by atoms with Gasteiger partial charge in [0.1, 0.15) is 11.3 Å². The number of phenols is 1. The predicted molar refractivity (Wildman–Crippen MR) is 58.1 cm³/mol. The van der Waals surface area contributed by atoms with Crippen LogP contribution in [0.1, 0.15) is 23.0 Å². The third-order valence-electron chi connectivity index (χ3n) is 2.25. The summed E-state index contributed by atoms with van der Waals surface area (Å²) in [6.45, 7) is 1.94. The van der Waals surface area contributed by atoms with Crippen LogP contribution in [0.25, 0.3) is 11.0 Å². The van der Waals surface area contributed by atoms with Crippen molar-refractivity contribution >= 4 is 33.2 Å². The molecule has 1 aromatic heterocycles. The summed E-state index contributed by atoms with van der Waals surface area (Å²) >= 11 is 3.18. The second-order valence-corrected chi connectivity index (χ2v) is 3.95. The standard InChI is InChI=1S/C10H8BrNO3/c1-2-8-5-3-7(11)9(14)6(4-13)10(5)15-12-8/h3-4,14H,2H2,1H3. The first kappa shape index (κ1) is 10.2. The Morgan fingerprint density at radius 1 is 1.67 bits per heavy atom. The maximum atomic E-state index is 10.8. The van der Waals surface area contributed by atoms with Gasteiger partial charge in [0.25, 0.3) is 0 Å². The molecule has 0 unspecified atom stereocenters. The summed E-state index contributed by atoms with van der Waals surface area (Å²) in [6, 6.07) is 1.70. The van der Waals surface area contributed by atoms with E-state index < -0.39 is 0 Å². The van der Waals surface area contributed by atoms with Crippen molar-refractivity contribution in [3.05, 3.63) is 21.8 Å². The van der Waals surface area contributed by atoms with Gasteiger partial charge in [-0.2, -0.15) is 0 Å². The molecular weight excluding hydrogens is 262 g/mol. The Morgan fingerprint density at radius 3 is 3.00 bits per heavy atom. The molecule has 0 radical (unpaired) electrons. The first-order valence-electron chi connectivity index (χ1n) is 4.44. The van der Waals surface area contributed by atoms with Gasteiger partial charge >= 0.3 is 0 Å². The lowest BCUT2D eigenvalue weighted by Crippen LogP contribution is -1.85. The van der Waals surface area contributed by atoms with Crippen molar-refractivity contribution in [2.45, 2.75) is 13.3 Å². The number of aldehydes is 1. The number of fused-ring (bicyclic) bond motifs is 1. The van der Waals surface area contributed by atoms with Crippen LogP contribution in [0.4, 0.5) is 0 Å². The molecule has 0 aliphatic carbocycles. The zero-order valence-corrected chi connectivity index (χ0v) is 9.54. The number of carbonyl (C=O) groups is 1. The fourth-order valence-corrected chi connectivity index (χ4v) is 1.91. The summed E-state index contributed by atoms with van der Waals surface area (Å²) in [5, 5.41) is 14.2. The van der Waals surface area contributed by atoms with Crippen molar-refractivity contribution in [3.63, 3.8) is 0 Å². The van der Waals surface area contributed by atoms with Gasteiger partial charge in [-0.15, -0.1) is 0 Å². The molecule has 1 heterocycles. The molecule has 0 amide bonds. The Morgan fingerprint density at radius 2 is 2.40 bits per heavy atom. The summed E-state index contributed by atoms with van der Waals surface area (Å²) in [7, 11) is 0. The summed E-state index contributed by atoms with van der Waals surface area (Å²) in [4.78, 5) is 10.8. The van der Waals surface area contributed by atoms with Gasteiger partial charge in [-0.25, -0.2) is 0 Å². The number of halogens is 1. The number of nitrogens with zero attached hydrogens (tertiary/aromatic N) is 1. The summed E-state index contributed by atoms with van der Waals surface area (Å²) < 4.78 is 5.50. The Hall–Kier alpha value is -1.36. The molecule has 0 spiro atoms. The van der Waals surface area contributed by atoms with Crippen molar-refractivity contribution in [2.24, 2.45) is 0 Å². The van der Waals surface area contributed by atoms with Crippen LogP contribution in [0.15, 0.2) is 15.1 Å². The van der Waals surface area contributed by atoms with E-state index >= 15 is 0 Å². The molecule has 1 aromatic carbocycles. The number of phenolic OH excluding ortho intramolecular Hbond substituents is 1. The molecular formula is C10H8BrNO3. The second-order valence-electron chi connectivity index (χ2n) is 3.10. The average Bonchev–Trinajstić information content (AvgIpc) is 2.62. The van der Waals surface area contributed by atoms with Gasteiger partial charge in [0.15, 0.2) is 11.9 Å². The highest BCUT2D eigenvalue weighted by molar-refractivity contribution is 9.10. The summed E-state index contributed by atoms with van der Waals surface area (Å²) in [5.74, 6) is -0.115. The molecule has 0 atom stereocenters. The number of aromatic nitrogens is 1. The molecule has 0 bridgehead atoms. The first-order chi connectivity index (χ1) is 7.19. The van der Waals surface area contributed by atoms with Gasteiger partial charge in [0.2, 0.25) is 0 Å². The quantitative estimate of drug-likeness (QED) is 0.852. The van der Waals surface area contributed by atoms with E-state index in [1.54, 1.807) is 6.07 Å². The zero-order chi connectivity index (χ0) is 11.0. The van der Waals surface area contributed by atoms with E-state index in [1.807, 2.05) is 6.92 Å². The molecule has 0 aliphatic heterocycles. The van der Waals surface area contributed by atoms with Crippen LogP contribution in [0.2, 0.25) is 0 Å². The largest absolute Gasteiger partial charge is 0.506 e. The van der Waals surface area contributed by atoms with E-state index in [0.29, 0.717) is 22.8 Å². The summed E-state index contributed by atoms with van der Waals surface area (Å²) in [6.07, 6.45) is 1.27. The zero-order valence-electron chi connectivity index (χ0n) is 7.95. The third-order valence-corrected chi connectivity index (χ3v) is 2.86. The van der Waals surface area contributed by atoms with Crippen molar-refractivity contribution in [1.82, 2.24) is 5.16 Å². The van der Waals surface area contributed by atoms with E-state index in [0.717, 1.165) is 11.1 Å². The van der Waals surface area contributed by atoms with E-state index in [9.17, 15) is 9.90 Å². The van der Waals surface area contributed by atoms with Crippen LogP contribution >= 0.6 is 15.9 Å². The predicted octanol–water partition coefficient (Wildman–Crippen LogP) is 2.67. The first-order valence-corrected chi connectivity index (χ1v) is 5.23. The van der Waals surface area contributed by atoms with Gasteiger partial charge in [-0.05, 0) is 28.4 Å². The molecule has 1 N–H and O–H groups in total. The highest BCUT2D eigenvalue weighted by atomic mass is 79.9. The minimum absolute atomic E-state index is 0.115. The minimum Gasteiger partial charge on any atom is -0.506 e. The van der Waals surface area contributed by atoms with Crippen LogP contribution < -0.4 is 0 Å². The van der Waals surface area contributed by atoms with Crippen LogP contribution in [0.3, 0.4) is 0 Å². The topological polar surface area (TPSA) is 63.3 Å². The Kier molecular flexibility index (Phi) is 2.48. The molecule has 0 saturated carbocycles. The van der Waals surface area contributed by atoms with E-state index in [2.05, 4.69) is 21.1 Å². The normalized spacial score (nSPS) is 10.8. The van der Waals surface area contributed by atoms with Gasteiger partial charge in [-0.1, -0.05) is 12.1 Å². The SMILES string of the molecule is CCc1noc2c(C=O)c(O)c(Br)cc12. The lowest BCUT2D eigenvalue weighted by Gasteiger charge is -2.00. The maximum absolute atomic E-state index is 10.8. The lowest BCUT2D eigenvalue weighted by atomic mass is 10.1. The molecule has 78 valence electrons. The minimum atomic E-state index is -0.115. The monoisotopic (exact) mass is 269 g/mol. The van der Waals surface area contributed by atoms with Gasteiger partial charge in [0.05, 0.1) is 10.2 Å². The molecule has 2 aromatic rings. The Bertz CT molecular complexity index is 533. The molecule has 15 heavy (non-hydrogen) atoms. The number of carbonyl (C=O) groups excluding carboxylic acids is 1. The lowest BCUT2D eigenvalue weighted by molar-refractivity contribution is 0.112. The number of aryl methyl sites for hydroxylation is 1. The number of hydrogen-bond donors (Lipinski definition) is 1. The fraction of sp³-hybridized carbons (Fsp3) is 0.200.